The van der Waals surface area contributed by atoms with Crippen molar-refractivity contribution in [3.63, 3.8) is 0 Å². The highest BCUT2D eigenvalue weighted by Gasteiger charge is 2.10. The molecule has 0 aromatic carbocycles. The zero-order chi connectivity index (χ0) is 12.1. The minimum absolute atomic E-state index is 0.0582. The number of nitro groups is 1. The normalized spacial score (nSPS) is 11.2. The van der Waals surface area contributed by atoms with Gasteiger partial charge in [-0.3, -0.25) is 10.1 Å². The van der Waals surface area contributed by atoms with Crippen LogP contribution in [0.5, 0.6) is 0 Å². The first-order valence-corrected chi connectivity index (χ1v) is 5.51. The Morgan fingerprint density at radius 2 is 2.38 bits per heavy atom. The number of rotatable bonds is 4. The number of ether oxygens (including phenoxy) is 1. The van der Waals surface area contributed by atoms with E-state index in [1.807, 2.05) is 0 Å². The van der Waals surface area contributed by atoms with Crippen molar-refractivity contribution in [1.29, 1.82) is 0 Å². The van der Waals surface area contributed by atoms with Crippen LogP contribution in [0.1, 0.15) is 19.4 Å². The van der Waals surface area contributed by atoms with E-state index in [2.05, 4.69) is 0 Å². The van der Waals surface area contributed by atoms with Crippen molar-refractivity contribution in [3.8, 4) is 0 Å². The number of nitrogens with zero attached hydrogens (tertiary/aromatic N) is 1. The van der Waals surface area contributed by atoms with Crippen molar-refractivity contribution in [2.24, 2.45) is 0 Å². The van der Waals surface area contributed by atoms with Crippen molar-refractivity contribution >= 4 is 28.4 Å². The Bertz CT molecular complexity index is 436. The highest BCUT2D eigenvalue weighted by molar-refractivity contribution is 7.13. The Labute approximate surface area is 96.5 Å². The number of thiophene rings is 1. The van der Waals surface area contributed by atoms with Gasteiger partial charge in [0.25, 0.3) is 0 Å². The molecule has 86 valence electrons. The van der Waals surface area contributed by atoms with Gasteiger partial charge in [-0.15, -0.1) is 0 Å². The van der Waals surface area contributed by atoms with Gasteiger partial charge in [-0.25, -0.2) is 4.79 Å². The van der Waals surface area contributed by atoms with Crippen LogP contribution in [0.15, 0.2) is 17.0 Å². The maximum Gasteiger partial charge on any atom is 0.333 e. The number of hydrogen-bond donors (Lipinski definition) is 0. The Kier molecular flexibility index (Phi) is 4.19. The molecule has 0 amide bonds. The van der Waals surface area contributed by atoms with Gasteiger partial charge < -0.3 is 4.74 Å². The topological polar surface area (TPSA) is 69.4 Å². The summed E-state index contributed by atoms with van der Waals surface area (Å²) in [5.41, 5.74) is 1.07. The summed E-state index contributed by atoms with van der Waals surface area (Å²) in [5.74, 6) is -0.406. The molecule has 0 aliphatic rings. The molecule has 0 aliphatic carbocycles. The third-order valence-corrected chi connectivity index (χ3v) is 2.66. The fourth-order valence-corrected chi connectivity index (χ4v) is 1.75. The minimum atomic E-state index is -0.457. The summed E-state index contributed by atoms with van der Waals surface area (Å²) in [6.45, 7) is 3.65. The number of carbonyl (C=O) groups excluding carboxylic acids is 1. The second kappa shape index (κ2) is 5.41. The lowest BCUT2D eigenvalue weighted by Gasteiger charge is -1.99. The van der Waals surface area contributed by atoms with E-state index in [1.165, 1.54) is 6.07 Å². The molecule has 0 N–H and O–H groups in total. The van der Waals surface area contributed by atoms with E-state index >= 15 is 0 Å². The summed E-state index contributed by atoms with van der Waals surface area (Å²) in [4.78, 5) is 21.3. The summed E-state index contributed by atoms with van der Waals surface area (Å²) in [7, 11) is 0. The first-order valence-electron chi connectivity index (χ1n) is 4.63. The Morgan fingerprint density at radius 1 is 1.69 bits per heavy atom. The molecule has 6 heteroatoms. The van der Waals surface area contributed by atoms with Crippen LogP contribution in [0.3, 0.4) is 0 Å². The lowest BCUT2D eigenvalue weighted by Crippen LogP contribution is -2.04. The van der Waals surface area contributed by atoms with Crippen molar-refractivity contribution in [2.75, 3.05) is 6.61 Å². The van der Waals surface area contributed by atoms with Gasteiger partial charge in [-0.05, 0) is 25.5 Å². The zero-order valence-corrected chi connectivity index (χ0v) is 9.74. The molecule has 0 saturated heterocycles. The molecule has 1 heterocycles. The van der Waals surface area contributed by atoms with Gasteiger partial charge in [-0.1, -0.05) is 11.3 Å². The van der Waals surface area contributed by atoms with Crippen LogP contribution >= 0.6 is 11.3 Å². The van der Waals surface area contributed by atoms with Gasteiger partial charge >= 0.3 is 11.0 Å². The summed E-state index contributed by atoms with van der Waals surface area (Å²) < 4.78 is 4.79. The van der Waals surface area contributed by atoms with Gasteiger partial charge in [-0.2, -0.15) is 0 Å². The van der Waals surface area contributed by atoms with E-state index < -0.39 is 10.9 Å². The van der Waals surface area contributed by atoms with Gasteiger partial charge in [0.15, 0.2) is 0 Å². The molecule has 1 rings (SSSR count). The van der Waals surface area contributed by atoms with Gasteiger partial charge in [0, 0.05) is 17.0 Å². The van der Waals surface area contributed by atoms with Gasteiger partial charge in [0.05, 0.1) is 11.5 Å². The number of hydrogen-bond acceptors (Lipinski definition) is 5. The van der Waals surface area contributed by atoms with Crippen LogP contribution in [-0.4, -0.2) is 17.5 Å². The first kappa shape index (κ1) is 12.4. The van der Waals surface area contributed by atoms with Crippen molar-refractivity contribution in [3.05, 3.63) is 32.7 Å². The smallest absolute Gasteiger partial charge is 0.333 e. The van der Waals surface area contributed by atoms with Crippen molar-refractivity contribution in [1.82, 2.24) is 0 Å². The standard InChI is InChI=1S/C10H11NO4S/c1-3-15-10(12)7(2)4-8-5-9(11(13)14)16-6-8/h4-6H,3H2,1-2H3. The predicted molar refractivity (Wildman–Crippen MR) is 61.3 cm³/mol. The largest absolute Gasteiger partial charge is 0.463 e. The predicted octanol–water partition coefficient (Wildman–Crippen LogP) is 2.62. The summed E-state index contributed by atoms with van der Waals surface area (Å²) in [6, 6.07) is 1.42. The fraction of sp³-hybridized carbons (Fsp3) is 0.300. The molecule has 0 bridgehead atoms. The maximum atomic E-state index is 11.3. The molecule has 0 aliphatic heterocycles. The lowest BCUT2D eigenvalue weighted by molar-refractivity contribution is -0.380. The molecule has 0 spiro atoms. The van der Waals surface area contributed by atoms with E-state index in [4.69, 9.17) is 4.74 Å². The SMILES string of the molecule is CCOC(=O)C(C)=Cc1csc([N+](=O)[O-])c1. The summed E-state index contributed by atoms with van der Waals surface area (Å²) >= 11 is 1.03. The summed E-state index contributed by atoms with van der Waals surface area (Å²) in [6.07, 6.45) is 1.57. The quantitative estimate of drug-likeness (QED) is 0.351. The molecule has 5 nitrogen and oxygen atoms in total. The van der Waals surface area contributed by atoms with Crippen LogP contribution in [0, 0.1) is 10.1 Å². The van der Waals surface area contributed by atoms with E-state index in [1.54, 1.807) is 25.3 Å². The van der Waals surface area contributed by atoms with Crippen molar-refractivity contribution < 1.29 is 14.5 Å². The maximum absolute atomic E-state index is 11.3. The van der Waals surface area contributed by atoms with Crippen LogP contribution in [0.2, 0.25) is 0 Å². The van der Waals surface area contributed by atoms with Gasteiger partial charge in [0.2, 0.25) is 0 Å². The summed E-state index contributed by atoms with van der Waals surface area (Å²) in [5, 5.41) is 12.1. The van der Waals surface area contributed by atoms with Crippen LogP contribution in [-0.2, 0) is 9.53 Å². The van der Waals surface area contributed by atoms with Crippen LogP contribution < -0.4 is 0 Å². The highest BCUT2D eigenvalue weighted by atomic mass is 32.1. The second-order valence-electron chi connectivity index (χ2n) is 3.02. The average Bonchev–Trinajstić information content (AvgIpc) is 2.66. The van der Waals surface area contributed by atoms with Crippen molar-refractivity contribution in [2.45, 2.75) is 13.8 Å². The second-order valence-corrected chi connectivity index (χ2v) is 3.91. The van der Waals surface area contributed by atoms with E-state index in [0.717, 1.165) is 11.3 Å². The minimum Gasteiger partial charge on any atom is -0.463 e. The molecule has 0 radical (unpaired) electrons. The van der Waals surface area contributed by atoms with E-state index in [-0.39, 0.29) is 5.00 Å². The van der Waals surface area contributed by atoms with Gasteiger partial charge in [0.1, 0.15) is 0 Å². The highest BCUT2D eigenvalue weighted by Crippen LogP contribution is 2.24. The third-order valence-electron chi connectivity index (χ3n) is 1.77. The Balaban J connectivity index is 2.81. The molecule has 0 atom stereocenters. The van der Waals surface area contributed by atoms with E-state index in [0.29, 0.717) is 17.7 Å². The molecule has 1 aromatic rings. The fourth-order valence-electron chi connectivity index (χ4n) is 1.06. The molecular weight excluding hydrogens is 230 g/mol. The number of carbonyl (C=O) groups is 1. The Morgan fingerprint density at radius 3 is 2.88 bits per heavy atom. The average molecular weight is 241 g/mol. The van der Waals surface area contributed by atoms with Crippen LogP contribution in [0.4, 0.5) is 5.00 Å². The lowest BCUT2D eigenvalue weighted by atomic mass is 10.2. The number of esters is 1. The third kappa shape index (κ3) is 3.16. The molecule has 1 aromatic heterocycles. The monoisotopic (exact) mass is 241 g/mol. The first-order chi connectivity index (χ1) is 7.54. The van der Waals surface area contributed by atoms with E-state index in [9.17, 15) is 14.9 Å². The zero-order valence-electron chi connectivity index (χ0n) is 8.93. The molecule has 0 fully saturated rings. The molecular formula is C10H11NO4S. The molecule has 0 saturated carbocycles. The van der Waals surface area contributed by atoms with Crippen LogP contribution in [0.25, 0.3) is 6.08 Å². The Hall–Kier alpha value is -1.69. The molecule has 0 unspecified atom stereocenters. The molecule has 16 heavy (non-hydrogen) atoms.